The number of benzene rings is 12. The maximum absolute atomic E-state index is 5.61. The first-order chi connectivity index (χ1) is 37.2. The summed E-state index contributed by atoms with van der Waals surface area (Å²) >= 11 is 0. The largest absolute Gasteiger partial charge is 0.309 e. The lowest BCUT2D eigenvalue weighted by Gasteiger charge is -2.17. The van der Waals surface area contributed by atoms with Gasteiger partial charge in [-0.05, 0) is 156 Å². The summed E-state index contributed by atoms with van der Waals surface area (Å²) < 4.78 is 2.39. The van der Waals surface area contributed by atoms with Crippen LogP contribution in [-0.4, -0.2) is 14.5 Å². The quantitative estimate of drug-likeness (QED) is 0.149. The number of hydrogen-bond donors (Lipinski definition) is 0. The van der Waals surface area contributed by atoms with Crippen molar-refractivity contribution in [2.24, 2.45) is 0 Å². The maximum atomic E-state index is 5.61. The molecule has 0 aliphatic heterocycles. The third kappa shape index (κ3) is 7.27. The van der Waals surface area contributed by atoms with Gasteiger partial charge in [0.05, 0.1) is 34.0 Å². The van der Waals surface area contributed by atoms with Crippen LogP contribution in [0.3, 0.4) is 0 Å². The summed E-state index contributed by atoms with van der Waals surface area (Å²) in [6.45, 7) is 0. The van der Waals surface area contributed by atoms with E-state index in [1.165, 1.54) is 87.9 Å². The van der Waals surface area contributed by atoms with E-state index in [1.807, 2.05) is 6.20 Å². The summed E-state index contributed by atoms with van der Waals surface area (Å²) in [4.78, 5) is 11.0. The van der Waals surface area contributed by atoms with Gasteiger partial charge in [0, 0.05) is 32.8 Å². The second-order valence-corrected chi connectivity index (χ2v) is 20.0. The van der Waals surface area contributed by atoms with Crippen LogP contribution < -0.4 is 0 Å². The van der Waals surface area contributed by atoms with Gasteiger partial charge in [0.25, 0.3) is 0 Å². The van der Waals surface area contributed by atoms with Crippen molar-refractivity contribution in [3.05, 3.63) is 266 Å². The number of rotatable bonds is 7. The Morgan fingerprint density at radius 3 is 1.65 bits per heavy atom. The molecule has 2 heterocycles. The summed E-state index contributed by atoms with van der Waals surface area (Å²) in [5.41, 5.74) is 21.8. The highest BCUT2D eigenvalue weighted by molar-refractivity contribution is 6.24. The van der Waals surface area contributed by atoms with Gasteiger partial charge in [-0.1, -0.05) is 200 Å². The van der Waals surface area contributed by atoms with E-state index in [1.54, 1.807) is 0 Å². The fraction of sp³-hybridized carbons (Fsp3) is 0.0278. The van der Waals surface area contributed by atoms with Crippen LogP contribution in [0.15, 0.2) is 255 Å². The SMILES string of the molecule is C1=Cc2cccc(-c3ccc4c5ccc(-c6cccc7ccccc67)cc5c5nc(-c6cccc(-c7cccc(-c8cccc(-c9ccc%10c%11ccccc%11n(-c%11ccccc%11)c%10c9)c8)c7)c6)cnc5c4c3)c2CC1. The summed E-state index contributed by atoms with van der Waals surface area (Å²) in [7, 11) is 0. The van der Waals surface area contributed by atoms with Crippen molar-refractivity contribution in [2.75, 3.05) is 0 Å². The summed E-state index contributed by atoms with van der Waals surface area (Å²) in [5.74, 6) is 0. The Kier molecular flexibility index (Phi) is 10.0. The van der Waals surface area contributed by atoms with Gasteiger partial charge in [-0.2, -0.15) is 0 Å². The van der Waals surface area contributed by atoms with E-state index >= 15 is 0 Å². The average molecular weight is 954 g/mol. The molecule has 0 bridgehead atoms. The fourth-order valence-electron chi connectivity index (χ4n) is 12.0. The molecule has 0 spiro atoms. The molecule has 12 aromatic carbocycles. The molecule has 3 heteroatoms. The van der Waals surface area contributed by atoms with Gasteiger partial charge in [-0.3, -0.25) is 4.98 Å². The third-order valence-electron chi connectivity index (χ3n) is 15.7. The minimum atomic E-state index is 0.841. The van der Waals surface area contributed by atoms with E-state index in [-0.39, 0.29) is 0 Å². The van der Waals surface area contributed by atoms with Crippen molar-refractivity contribution in [2.45, 2.75) is 12.8 Å². The number of para-hydroxylation sites is 2. The highest BCUT2D eigenvalue weighted by atomic mass is 15.0. The second kappa shape index (κ2) is 17.5. The van der Waals surface area contributed by atoms with Crippen LogP contribution in [0.4, 0.5) is 0 Å². The zero-order valence-electron chi connectivity index (χ0n) is 41.1. The molecular formula is C72H47N3. The molecule has 0 N–H and O–H groups in total. The molecule has 2 aromatic heterocycles. The minimum Gasteiger partial charge on any atom is -0.309 e. The van der Waals surface area contributed by atoms with Crippen LogP contribution in [0.2, 0.25) is 0 Å². The number of nitrogens with zero attached hydrogens (tertiary/aromatic N) is 3. The standard InChI is InChI=1S/C72H47N3/c1-2-25-57(26-3-1)75-69-32-9-8-29-64(69)65-38-33-53(44-70(65)75)51-22-11-20-49(40-51)48-19-10-21-50(39-48)52-23-12-24-56(41-52)68-45-73-71-66-42-54(60-30-13-17-46-15-4-6-27-58(46)60)34-36-62(66)63-37-35-55(43-67(63)72(71)74-68)61-31-14-18-47-16-5-7-28-59(47)61/h1-5,7-26,28-45H,6,27H2. The first-order valence-electron chi connectivity index (χ1n) is 26.0. The second-order valence-electron chi connectivity index (χ2n) is 20.0. The topological polar surface area (TPSA) is 30.7 Å². The Hall–Kier alpha value is -9.70. The molecule has 14 aromatic rings. The minimum absolute atomic E-state index is 0.841. The van der Waals surface area contributed by atoms with Gasteiger partial charge < -0.3 is 4.57 Å². The van der Waals surface area contributed by atoms with Crippen molar-refractivity contribution >= 4 is 71.2 Å². The van der Waals surface area contributed by atoms with Gasteiger partial charge in [-0.25, -0.2) is 4.98 Å². The van der Waals surface area contributed by atoms with Crippen molar-refractivity contribution in [3.63, 3.8) is 0 Å². The van der Waals surface area contributed by atoms with Gasteiger partial charge in [0.1, 0.15) is 0 Å². The van der Waals surface area contributed by atoms with Gasteiger partial charge >= 0.3 is 0 Å². The zero-order valence-corrected chi connectivity index (χ0v) is 41.1. The molecular weight excluding hydrogens is 907 g/mol. The highest BCUT2D eigenvalue weighted by Crippen LogP contribution is 2.42. The Labute approximate surface area is 435 Å². The van der Waals surface area contributed by atoms with E-state index in [2.05, 4.69) is 259 Å². The number of aromatic nitrogens is 3. The van der Waals surface area contributed by atoms with Crippen LogP contribution in [0.1, 0.15) is 17.5 Å². The zero-order chi connectivity index (χ0) is 49.4. The molecule has 3 nitrogen and oxygen atoms in total. The predicted molar refractivity (Wildman–Crippen MR) is 316 cm³/mol. The predicted octanol–water partition coefficient (Wildman–Crippen LogP) is 19.1. The Bertz CT molecular complexity index is 4650. The summed E-state index contributed by atoms with van der Waals surface area (Å²) in [5, 5.41) is 9.52. The Morgan fingerprint density at radius 2 is 0.893 bits per heavy atom. The molecule has 1 aliphatic carbocycles. The average Bonchev–Trinajstić information content (AvgIpc) is 3.86. The lowest BCUT2D eigenvalue weighted by Crippen LogP contribution is -1.98. The molecule has 0 radical (unpaired) electrons. The molecule has 0 fully saturated rings. The van der Waals surface area contributed by atoms with Gasteiger partial charge in [0.15, 0.2) is 0 Å². The van der Waals surface area contributed by atoms with Crippen LogP contribution in [-0.2, 0) is 6.42 Å². The van der Waals surface area contributed by atoms with E-state index in [0.29, 0.717) is 0 Å². The van der Waals surface area contributed by atoms with Crippen molar-refractivity contribution in [1.82, 2.24) is 14.5 Å². The Morgan fingerprint density at radius 1 is 0.347 bits per heavy atom. The van der Waals surface area contributed by atoms with Crippen LogP contribution in [0, 0.1) is 0 Å². The van der Waals surface area contributed by atoms with Crippen molar-refractivity contribution < 1.29 is 0 Å². The van der Waals surface area contributed by atoms with Crippen LogP contribution in [0.5, 0.6) is 0 Å². The number of fused-ring (bicyclic) bond motifs is 11. The summed E-state index contributed by atoms with van der Waals surface area (Å²) in [6, 6.07) is 88.7. The van der Waals surface area contributed by atoms with E-state index in [0.717, 1.165) is 73.8 Å². The third-order valence-corrected chi connectivity index (χ3v) is 15.7. The molecule has 0 saturated carbocycles. The first kappa shape index (κ1) is 42.9. The van der Waals surface area contributed by atoms with Gasteiger partial charge in [0.2, 0.25) is 0 Å². The fourth-order valence-corrected chi connectivity index (χ4v) is 12.0. The molecule has 0 amide bonds. The van der Waals surface area contributed by atoms with E-state index in [4.69, 9.17) is 9.97 Å². The molecule has 15 rings (SSSR count). The van der Waals surface area contributed by atoms with Gasteiger partial charge in [-0.15, -0.1) is 0 Å². The van der Waals surface area contributed by atoms with Crippen molar-refractivity contribution in [1.29, 1.82) is 0 Å². The maximum Gasteiger partial charge on any atom is 0.0979 e. The van der Waals surface area contributed by atoms with E-state index in [9.17, 15) is 0 Å². The van der Waals surface area contributed by atoms with Crippen LogP contribution >= 0.6 is 0 Å². The molecule has 0 saturated heterocycles. The number of allylic oxidation sites excluding steroid dienone is 1. The molecule has 75 heavy (non-hydrogen) atoms. The molecule has 0 unspecified atom stereocenters. The summed E-state index contributed by atoms with van der Waals surface area (Å²) in [6.07, 6.45) is 8.62. The highest BCUT2D eigenvalue weighted by Gasteiger charge is 2.19. The Balaban J connectivity index is 0.827. The van der Waals surface area contributed by atoms with Crippen molar-refractivity contribution in [3.8, 4) is 72.6 Å². The number of hydrogen-bond acceptors (Lipinski definition) is 2. The monoisotopic (exact) mass is 953 g/mol. The molecule has 0 atom stereocenters. The molecule has 1 aliphatic rings. The lowest BCUT2D eigenvalue weighted by atomic mass is 9.88. The van der Waals surface area contributed by atoms with E-state index < -0.39 is 0 Å². The van der Waals surface area contributed by atoms with Crippen LogP contribution in [0.25, 0.3) is 144 Å². The molecule has 350 valence electrons. The lowest BCUT2D eigenvalue weighted by molar-refractivity contribution is 0.988. The normalized spacial score (nSPS) is 12.4. The smallest absolute Gasteiger partial charge is 0.0979 e. The first-order valence-corrected chi connectivity index (χ1v) is 26.0.